The van der Waals surface area contributed by atoms with Crippen LogP contribution in [0.5, 0.6) is 0 Å². The van der Waals surface area contributed by atoms with E-state index in [1.807, 2.05) is 49.0 Å². The summed E-state index contributed by atoms with van der Waals surface area (Å²) in [6.45, 7) is 2.09. The van der Waals surface area contributed by atoms with Crippen molar-refractivity contribution in [3.63, 3.8) is 0 Å². The van der Waals surface area contributed by atoms with Crippen LogP contribution in [0.3, 0.4) is 0 Å². The van der Waals surface area contributed by atoms with Crippen molar-refractivity contribution in [1.29, 1.82) is 0 Å². The van der Waals surface area contributed by atoms with Gasteiger partial charge in [-0.05, 0) is 36.9 Å². The maximum absolute atomic E-state index is 13.5. The van der Waals surface area contributed by atoms with Crippen LogP contribution in [0, 0.1) is 0 Å². The predicted octanol–water partition coefficient (Wildman–Crippen LogP) is 3.02. The lowest BCUT2D eigenvalue weighted by Gasteiger charge is -2.11. The average molecular weight is 486 g/mol. The van der Waals surface area contributed by atoms with Gasteiger partial charge >= 0.3 is 6.18 Å². The molecule has 3 N–H and O–H groups in total. The second kappa shape index (κ2) is 10.3. The van der Waals surface area contributed by atoms with Gasteiger partial charge in [-0.3, -0.25) is 4.79 Å². The number of para-hydroxylation sites is 2. The lowest BCUT2D eigenvalue weighted by Crippen LogP contribution is -2.27. The number of fused-ring (bicyclic) bond motifs is 1. The third-order valence-electron chi connectivity index (χ3n) is 5.56. The maximum Gasteiger partial charge on any atom is 0.435 e. The summed E-state index contributed by atoms with van der Waals surface area (Å²) in [5.41, 5.74) is 1.53. The van der Waals surface area contributed by atoms with E-state index in [2.05, 4.69) is 26.0 Å². The number of alkyl halides is 3. The normalized spacial score (nSPS) is 11.8. The fourth-order valence-electron chi connectivity index (χ4n) is 3.73. The molecule has 2 aromatic heterocycles. The van der Waals surface area contributed by atoms with Crippen molar-refractivity contribution >= 4 is 16.9 Å². The molecule has 35 heavy (non-hydrogen) atoms. The first-order valence-corrected chi connectivity index (χ1v) is 11.1. The molecule has 8 nitrogen and oxygen atoms in total. The Balaban J connectivity index is 1.59. The predicted molar refractivity (Wildman–Crippen MR) is 126 cm³/mol. The zero-order valence-electron chi connectivity index (χ0n) is 19.4. The summed E-state index contributed by atoms with van der Waals surface area (Å²) in [4.78, 5) is 17.5. The van der Waals surface area contributed by atoms with Gasteiger partial charge < -0.3 is 20.5 Å². The number of aryl methyl sites for hydroxylation is 1. The van der Waals surface area contributed by atoms with Gasteiger partial charge in [0.2, 0.25) is 0 Å². The first-order valence-electron chi connectivity index (χ1n) is 11.1. The van der Waals surface area contributed by atoms with Crippen molar-refractivity contribution in [3.05, 3.63) is 77.4 Å². The summed E-state index contributed by atoms with van der Waals surface area (Å²) in [6.07, 6.45) is -4.69. The van der Waals surface area contributed by atoms with Crippen LogP contribution in [0.1, 0.15) is 27.6 Å². The number of benzene rings is 2. The molecule has 0 aliphatic rings. The lowest BCUT2D eigenvalue weighted by molar-refractivity contribution is -0.141. The van der Waals surface area contributed by atoms with Crippen LogP contribution in [-0.4, -0.2) is 45.4 Å². The molecule has 0 fully saturated rings. The third-order valence-corrected chi connectivity index (χ3v) is 5.56. The van der Waals surface area contributed by atoms with Gasteiger partial charge in [0.1, 0.15) is 11.5 Å². The summed E-state index contributed by atoms with van der Waals surface area (Å²) in [7, 11) is 3.67. The zero-order valence-corrected chi connectivity index (χ0v) is 19.4. The molecule has 1 amide bonds. The minimum atomic E-state index is -4.69. The molecule has 0 atom stereocenters. The maximum atomic E-state index is 13.5. The number of carbonyl (C=O) groups excluding carboxylic acids is 1. The fourth-order valence-corrected chi connectivity index (χ4v) is 3.73. The molecule has 2 aromatic carbocycles. The van der Waals surface area contributed by atoms with Crippen LogP contribution < -0.4 is 16.0 Å². The number of hydrogen-bond donors (Lipinski definition) is 3. The summed E-state index contributed by atoms with van der Waals surface area (Å²) in [5, 5.41) is 12.7. The molecule has 0 unspecified atom stereocenters. The number of likely N-dealkylation sites (N-methyl/N-ethyl adjacent to an activating group) is 1. The Morgan fingerprint density at radius 3 is 2.57 bits per heavy atom. The zero-order chi connectivity index (χ0) is 25.0. The van der Waals surface area contributed by atoms with Crippen molar-refractivity contribution in [2.45, 2.75) is 19.3 Å². The molecule has 0 saturated heterocycles. The van der Waals surface area contributed by atoms with E-state index in [0.29, 0.717) is 18.1 Å². The van der Waals surface area contributed by atoms with Gasteiger partial charge in [0.15, 0.2) is 5.69 Å². The van der Waals surface area contributed by atoms with Crippen molar-refractivity contribution < 1.29 is 18.0 Å². The molecule has 184 valence electrons. The van der Waals surface area contributed by atoms with E-state index in [1.165, 1.54) is 0 Å². The van der Waals surface area contributed by atoms with Crippen molar-refractivity contribution in [1.82, 2.24) is 35.3 Å². The summed E-state index contributed by atoms with van der Waals surface area (Å²) < 4.78 is 43.3. The number of amides is 1. The van der Waals surface area contributed by atoms with Crippen LogP contribution in [0.4, 0.5) is 13.2 Å². The molecule has 0 saturated carbocycles. The fraction of sp³-hybridized carbons (Fsp3) is 0.292. The average Bonchev–Trinajstić information content (AvgIpc) is 3.43. The molecule has 4 aromatic rings. The van der Waals surface area contributed by atoms with E-state index >= 15 is 0 Å². The number of aromatic nitrogens is 4. The highest BCUT2D eigenvalue weighted by Gasteiger charge is 2.36. The van der Waals surface area contributed by atoms with Crippen molar-refractivity contribution in [2.75, 3.05) is 20.1 Å². The van der Waals surface area contributed by atoms with Crippen LogP contribution in [0.2, 0.25) is 0 Å². The molecule has 0 spiro atoms. The number of halogens is 3. The lowest BCUT2D eigenvalue weighted by atomic mass is 10.2. The van der Waals surface area contributed by atoms with Crippen molar-refractivity contribution in [3.8, 4) is 5.69 Å². The first kappa shape index (κ1) is 24.4. The Labute approximate surface area is 200 Å². The van der Waals surface area contributed by atoms with Gasteiger partial charge in [-0.25, -0.2) is 9.67 Å². The quantitative estimate of drug-likeness (QED) is 0.317. The highest BCUT2D eigenvalue weighted by molar-refractivity contribution is 5.93. The minimum Gasteiger partial charge on any atom is -0.343 e. The SMILES string of the molecule is CNCCNCc1cccc(-n2nc(C(F)(F)F)cc2C(=O)NCc2nc3ccccc3n2C)c1. The molecule has 0 aliphatic heterocycles. The van der Waals surface area contributed by atoms with E-state index in [4.69, 9.17) is 0 Å². The highest BCUT2D eigenvalue weighted by Crippen LogP contribution is 2.29. The molecule has 0 bridgehead atoms. The van der Waals surface area contributed by atoms with E-state index in [-0.39, 0.29) is 12.2 Å². The smallest absolute Gasteiger partial charge is 0.343 e. The number of hydrogen-bond acceptors (Lipinski definition) is 5. The Kier molecular flexibility index (Phi) is 7.17. The van der Waals surface area contributed by atoms with E-state index in [0.717, 1.165) is 40.4 Å². The number of nitrogens with zero attached hydrogens (tertiary/aromatic N) is 4. The van der Waals surface area contributed by atoms with Gasteiger partial charge in [-0.15, -0.1) is 0 Å². The molecular formula is C24H26F3N7O. The van der Waals surface area contributed by atoms with Crippen molar-refractivity contribution in [2.24, 2.45) is 7.05 Å². The van der Waals surface area contributed by atoms with Crippen LogP contribution >= 0.6 is 0 Å². The van der Waals surface area contributed by atoms with Gasteiger partial charge in [0.25, 0.3) is 5.91 Å². The molecule has 0 aliphatic carbocycles. The second-order valence-electron chi connectivity index (χ2n) is 8.03. The van der Waals surface area contributed by atoms with E-state index in [1.54, 1.807) is 18.2 Å². The number of nitrogens with one attached hydrogen (secondary N) is 3. The molecular weight excluding hydrogens is 459 g/mol. The largest absolute Gasteiger partial charge is 0.435 e. The Hall–Kier alpha value is -3.70. The third kappa shape index (κ3) is 5.52. The van der Waals surface area contributed by atoms with Crippen LogP contribution in [0.25, 0.3) is 16.7 Å². The molecule has 4 rings (SSSR count). The Morgan fingerprint density at radius 1 is 1.03 bits per heavy atom. The standard InChI is InChI=1S/C24H26F3N7O/c1-28-10-11-29-14-16-6-5-7-17(12-16)34-20(13-21(32-34)24(25,26)27)23(35)30-15-22-31-18-8-3-4-9-19(18)33(22)2/h3-9,12-13,28-29H,10-11,14-15H2,1-2H3,(H,30,35). The van der Waals surface area contributed by atoms with Gasteiger partial charge in [0.05, 0.1) is 23.3 Å². The number of imidazole rings is 1. The van der Waals surface area contributed by atoms with Crippen LogP contribution in [-0.2, 0) is 26.3 Å². The number of rotatable bonds is 9. The molecule has 11 heteroatoms. The van der Waals surface area contributed by atoms with E-state index < -0.39 is 17.8 Å². The van der Waals surface area contributed by atoms with Gasteiger partial charge in [-0.2, -0.15) is 18.3 Å². The monoisotopic (exact) mass is 485 g/mol. The second-order valence-corrected chi connectivity index (χ2v) is 8.03. The van der Waals surface area contributed by atoms with Crippen LogP contribution in [0.15, 0.2) is 54.6 Å². The number of carbonyl (C=O) groups is 1. The minimum absolute atomic E-state index is 0.0476. The summed E-state index contributed by atoms with van der Waals surface area (Å²) in [5.74, 6) is -0.103. The molecule has 0 radical (unpaired) electrons. The summed E-state index contributed by atoms with van der Waals surface area (Å²) in [6, 6.07) is 15.2. The Morgan fingerprint density at radius 2 is 1.83 bits per heavy atom. The summed E-state index contributed by atoms with van der Waals surface area (Å²) >= 11 is 0. The first-order chi connectivity index (χ1) is 16.8. The Bertz CT molecular complexity index is 1330. The molecule has 2 heterocycles. The van der Waals surface area contributed by atoms with E-state index in [9.17, 15) is 18.0 Å². The highest BCUT2D eigenvalue weighted by atomic mass is 19.4. The topological polar surface area (TPSA) is 88.8 Å². The van der Waals surface area contributed by atoms with Gasteiger partial charge in [0, 0.05) is 32.7 Å². The van der Waals surface area contributed by atoms with Gasteiger partial charge in [-0.1, -0.05) is 24.3 Å².